The van der Waals surface area contributed by atoms with Crippen molar-refractivity contribution in [3.8, 4) is 0 Å². The van der Waals surface area contributed by atoms with E-state index in [1.807, 2.05) is 4.90 Å². The molecule has 3 rings (SSSR count). The van der Waals surface area contributed by atoms with Gasteiger partial charge in [-0.3, -0.25) is 4.79 Å². The second kappa shape index (κ2) is 5.91. The normalized spacial score (nSPS) is 27.6. The van der Waals surface area contributed by atoms with Gasteiger partial charge in [-0.15, -0.1) is 0 Å². The molecule has 20 heavy (non-hydrogen) atoms. The van der Waals surface area contributed by atoms with Crippen LogP contribution in [0.25, 0.3) is 0 Å². The maximum absolute atomic E-state index is 12.5. The highest BCUT2D eigenvalue weighted by atomic mass is 16.5. The molecule has 2 unspecified atom stereocenters. The summed E-state index contributed by atoms with van der Waals surface area (Å²) < 4.78 is 5.26. The van der Waals surface area contributed by atoms with Crippen molar-refractivity contribution in [2.75, 3.05) is 13.1 Å². The highest BCUT2D eigenvalue weighted by Crippen LogP contribution is 2.22. The fourth-order valence-corrected chi connectivity index (χ4v) is 3.06. The molecule has 2 aliphatic rings. The van der Waals surface area contributed by atoms with Gasteiger partial charge in [-0.1, -0.05) is 18.0 Å². The van der Waals surface area contributed by atoms with E-state index in [2.05, 4.69) is 22.4 Å². The zero-order valence-electron chi connectivity index (χ0n) is 12.0. The van der Waals surface area contributed by atoms with E-state index in [0.717, 1.165) is 38.8 Å². The third kappa shape index (κ3) is 2.70. The molecule has 0 aromatic carbocycles. The van der Waals surface area contributed by atoms with Crippen LogP contribution in [0, 0.1) is 0 Å². The third-order valence-electron chi connectivity index (χ3n) is 4.31. The Bertz CT molecular complexity index is 467. The fourth-order valence-electron chi connectivity index (χ4n) is 3.06. The molecule has 0 spiro atoms. The molecule has 2 fully saturated rings. The zero-order chi connectivity index (χ0) is 13.9. The van der Waals surface area contributed by atoms with E-state index in [9.17, 15) is 4.79 Å². The molecule has 6 heteroatoms. The van der Waals surface area contributed by atoms with Crippen LogP contribution >= 0.6 is 0 Å². The molecular weight excluding hydrogens is 256 g/mol. The number of likely N-dealkylation sites (tertiary alicyclic amines) is 1. The topological polar surface area (TPSA) is 71.3 Å². The van der Waals surface area contributed by atoms with Crippen molar-refractivity contribution in [3.05, 3.63) is 11.7 Å². The van der Waals surface area contributed by atoms with Crippen LogP contribution in [0.5, 0.6) is 0 Å². The first-order valence-electron chi connectivity index (χ1n) is 7.63. The van der Waals surface area contributed by atoms with Crippen molar-refractivity contribution in [2.45, 2.75) is 57.5 Å². The predicted molar refractivity (Wildman–Crippen MR) is 73.2 cm³/mol. The number of carbonyl (C=O) groups is 1. The molecule has 2 aliphatic heterocycles. The molecule has 0 aliphatic carbocycles. The lowest BCUT2D eigenvalue weighted by molar-refractivity contribution is 0.0682. The Morgan fingerprint density at radius 3 is 3.00 bits per heavy atom. The van der Waals surface area contributed by atoms with Gasteiger partial charge in [-0.25, -0.2) is 0 Å². The third-order valence-corrected chi connectivity index (χ3v) is 4.31. The summed E-state index contributed by atoms with van der Waals surface area (Å²) in [4.78, 5) is 18.7. The van der Waals surface area contributed by atoms with Crippen LogP contribution in [0.15, 0.2) is 4.52 Å². The summed E-state index contributed by atoms with van der Waals surface area (Å²) in [5, 5.41) is 7.19. The SMILES string of the molecule is CC1CCCCCN1C(=O)c1noc(C2CCCN2)n1. The van der Waals surface area contributed by atoms with Crippen LogP contribution in [-0.2, 0) is 0 Å². The first kappa shape index (κ1) is 13.5. The van der Waals surface area contributed by atoms with Gasteiger partial charge in [0.2, 0.25) is 5.89 Å². The maximum Gasteiger partial charge on any atom is 0.295 e. The molecule has 6 nitrogen and oxygen atoms in total. The fraction of sp³-hybridized carbons (Fsp3) is 0.786. The Morgan fingerprint density at radius 1 is 1.30 bits per heavy atom. The minimum atomic E-state index is -0.0904. The van der Waals surface area contributed by atoms with Gasteiger partial charge in [0, 0.05) is 12.6 Å². The van der Waals surface area contributed by atoms with Crippen LogP contribution in [0.4, 0.5) is 0 Å². The summed E-state index contributed by atoms with van der Waals surface area (Å²) in [5.41, 5.74) is 0. The van der Waals surface area contributed by atoms with Crippen LogP contribution in [-0.4, -0.2) is 40.1 Å². The van der Waals surface area contributed by atoms with Crippen LogP contribution in [0.3, 0.4) is 0 Å². The van der Waals surface area contributed by atoms with Crippen molar-refractivity contribution >= 4 is 5.91 Å². The lowest BCUT2D eigenvalue weighted by Crippen LogP contribution is -2.38. The van der Waals surface area contributed by atoms with Crippen molar-refractivity contribution in [2.24, 2.45) is 0 Å². The summed E-state index contributed by atoms with van der Waals surface area (Å²) in [6.07, 6.45) is 6.60. The second-order valence-electron chi connectivity index (χ2n) is 5.80. The molecule has 1 aromatic rings. The summed E-state index contributed by atoms with van der Waals surface area (Å²) in [7, 11) is 0. The van der Waals surface area contributed by atoms with Crippen molar-refractivity contribution in [1.82, 2.24) is 20.4 Å². The van der Waals surface area contributed by atoms with E-state index in [1.54, 1.807) is 0 Å². The summed E-state index contributed by atoms with van der Waals surface area (Å²) >= 11 is 0. The van der Waals surface area contributed by atoms with Gasteiger partial charge >= 0.3 is 0 Å². The average molecular weight is 278 g/mol. The number of hydrogen-bond acceptors (Lipinski definition) is 5. The van der Waals surface area contributed by atoms with E-state index >= 15 is 0 Å². The number of rotatable bonds is 2. The molecule has 1 amide bonds. The van der Waals surface area contributed by atoms with Crippen LogP contribution in [0.2, 0.25) is 0 Å². The van der Waals surface area contributed by atoms with Gasteiger partial charge in [-0.05, 0) is 39.2 Å². The van der Waals surface area contributed by atoms with Crippen LogP contribution in [0.1, 0.15) is 68.0 Å². The number of amides is 1. The summed E-state index contributed by atoms with van der Waals surface area (Å²) in [5.74, 6) is 0.670. The Labute approximate surface area is 118 Å². The number of carbonyl (C=O) groups excluding carboxylic acids is 1. The predicted octanol–water partition coefficient (Wildman–Crippen LogP) is 1.90. The van der Waals surface area contributed by atoms with Gasteiger partial charge in [0.1, 0.15) is 0 Å². The number of aromatic nitrogens is 2. The minimum Gasteiger partial charge on any atom is -0.337 e. The molecule has 2 saturated heterocycles. The standard InChI is InChI=1S/C14H22N4O2/c1-10-6-3-2-4-9-18(10)14(19)12-16-13(20-17-12)11-7-5-8-15-11/h10-11,15H,2-9H2,1H3. The van der Waals surface area contributed by atoms with Gasteiger partial charge in [-0.2, -0.15) is 4.98 Å². The Kier molecular flexibility index (Phi) is 4.00. The highest BCUT2D eigenvalue weighted by Gasteiger charge is 2.29. The lowest BCUT2D eigenvalue weighted by Gasteiger charge is -2.25. The van der Waals surface area contributed by atoms with E-state index in [4.69, 9.17) is 4.52 Å². The quantitative estimate of drug-likeness (QED) is 0.894. The number of nitrogens with one attached hydrogen (secondary N) is 1. The molecule has 0 radical (unpaired) electrons. The molecule has 110 valence electrons. The van der Waals surface area contributed by atoms with Crippen LogP contribution < -0.4 is 5.32 Å². The van der Waals surface area contributed by atoms with Gasteiger partial charge in [0.15, 0.2) is 0 Å². The molecule has 2 atom stereocenters. The summed E-state index contributed by atoms with van der Waals surface area (Å²) in [6.45, 7) is 3.87. The molecule has 3 heterocycles. The van der Waals surface area contributed by atoms with Crippen molar-refractivity contribution < 1.29 is 9.32 Å². The molecule has 0 saturated carbocycles. The molecule has 1 N–H and O–H groups in total. The monoisotopic (exact) mass is 278 g/mol. The Balaban J connectivity index is 1.72. The molecule has 1 aromatic heterocycles. The maximum atomic E-state index is 12.5. The number of nitrogens with zero attached hydrogens (tertiary/aromatic N) is 3. The summed E-state index contributed by atoms with van der Waals surface area (Å²) in [6, 6.07) is 0.377. The van der Waals surface area contributed by atoms with Crippen molar-refractivity contribution in [1.29, 1.82) is 0 Å². The van der Waals surface area contributed by atoms with E-state index < -0.39 is 0 Å². The highest BCUT2D eigenvalue weighted by molar-refractivity contribution is 5.90. The number of hydrogen-bond donors (Lipinski definition) is 1. The minimum absolute atomic E-state index is 0.0904. The first-order chi connectivity index (χ1) is 9.75. The zero-order valence-corrected chi connectivity index (χ0v) is 12.0. The Morgan fingerprint density at radius 2 is 2.20 bits per heavy atom. The van der Waals surface area contributed by atoms with Crippen molar-refractivity contribution in [3.63, 3.8) is 0 Å². The Hall–Kier alpha value is -1.43. The molecular formula is C14H22N4O2. The smallest absolute Gasteiger partial charge is 0.295 e. The largest absolute Gasteiger partial charge is 0.337 e. The van der Waals surface area contributed by atoms with Gasteiger partial charge in [0.25, 0.3) is 11.7 Å². The lowest BCUT2D eigenvalue weighted by atomic mass is 10.1. The van der Waals surface area contributed by atoms with E-state index in [0.29, 0.717) is 5.89 Å². The molecule has 0 bridgehead atoms. The first-order valence-corrected chi connectivity index (χ1v) is 7.63. The average Bonchev–Trinajstić information content (AvgIpc) is 3.08. The van der Waals surface area contributed by atoms with E-state index in [-0.39, 0.29) is 23.8 Å². The van der Waals surface area contributed by atoms with E-state index in [1.165, 1.54) is 12.8 Å². The van der Waals surface area contributed by atoms with Gasteiger partial charge in [0.05, 0.1) is 6.04 Å². The van der Waals surface area contributed by atoms with Gasteiger partial charge < -0.3 is 14.7 Å². The second-order valence-corrected chi connectivity index (χ2v) is 5.80.